The Morgan fingerprint density at radius 2 is 2.12 bits per heavy atom. The van der Waals surface area contributed by atoms with Crippen LogP contribution in [0.3, 0.4) is 0 Å². The van der Waals surface area contributed by atoms with Crippen molar-refractivity contribution in [2.24, 2.45) is 0 Å². The van der Waals surface area contributed by atoms with Gasteiger partial charge in [-0.1, -0.05) is 0 Å². The molecule has 1 aromatic carbocycles. The van der Waals surface area contributed by atoms with Gasteiger partial charge >= 0.3 is 0 Å². The molecular weight excluding hydrogens is 216 g/mol. The van der Waals surface area contributed by atoms with Gasteiger partial charge in [0.1, 0.15) is 0 Å². The molecule has 0 heterocycles. The van der Waals surface area contributed by atoms with Crippen LogP contribution in [0.1, 0.15) is 16.8 Å². The van der Waals surface area contributed by atoms with Crippen molar-refractivity contribution in [2.75, 3.05) is 20.3 Å². The van der Waals surface area contributed by atoms with E-state index in [0.29, 0.717) is 19.6 Å². The Labute approximate surface area is 92.4 Å². The SMILES string of the molecule is COCCCNC(=O)c1ccc(F)c(F)c1. The molecule has 1 amide bonds. The minimum absolute atomic E-state index is 0.108. The van der Waals surface area contributed by atoms with Crippen LogP contribution in [0.5, 0.6) is 0 Å². The van der Waals surface area contributed by atoms with Crippen LogP contribution in [0, 0.1) is 11.6 Å². The predicted molar refractivity (Wildman–Crippen MR) is 55.2 cm³/mol. The highest BCUT2D eigenvalue weighted by Crippen LogP contribution is 2.08. The Hall–Kier alpha value is -1.49. The van der Waals surface area contributed by atoms with Crippen LogP contribution < -0.4 is 5.32 Å². The van der Waals surface area contributed by atoms with E-state index in [4.69, 9.17) is 4.74 Å². The summed E-state index contributed by atoms with van der Waals surface area (Å²) in [4.78, 5) is 11.4. The lowest BCUT2D eigenvalue weighted by molar-refractivity contribution is 0.0948. The van der Waals surface area contributed by atoms with E-state index in [1.807, 2.05) is 0 Å². The van der Waals surface area contributed by atoms with Gasteiger partial charge in [-0.05, 0) is 24.6 Å². The molecule has 16 heavy (non-hydrogen) atoms. The maximum Gasteiger partial charge on any atom is 0.251 e. The quantitative estimate of drug-likeness (QED) is 0.781. The molecule has 88 valence electrons. The fourth-order valence-corrected chi connectivity index (χ4v) is 1.16. The smallest absolute Gasteiger partial charge is 0.251 e. The van der Waals surface area contributed by atoms with Crippen molar-refractivity contribution in [3.8, 4) is 0 Å². The molecule has 0 aromatic heterocycles. The summed E-state index contributed by atoms with van der Waals surface area (Å²) >= 11 is 0. The summed E-state index contributed by atoms with van der Waals surface area (Å²) < 4.78 is 30.2. The van der Waals surface area contributed by atoms with Crippen LogP contribution in [-0.2, 0) is 4.74 Å². The zero-order valence-corrected chi connectivity index (χ0v) is 8.93. The summed E-state index contributed by atoms with van der Waals surface area (Å²) in [5, 5.41) is 2.57. The van der Waals surface area contributed by atoms with Gasteiger partial charge in [-0.3, -0.25) is 4.79 Å². The number of hydrogen-bond acceptors (Lipinski definition) is 2. The summed E-state index contributed by atoms with van der Waals surface area (Å²) in [6, 6.07) is 3.05. The van der Waals surface area contributed by atoms with Gasteiger partial charge in [-0.15, -0.1) is 0 Å². The van der Waals surface area contributed by atoms with E-state index in [0.717, 1.165) is 12.1 Å². The maximum absolute atomic E-state index is 12.8. The van der Waals surface area contributed by atoms with Gasteiger partial charge in [0, 0.05) is 25.8 Å². The third kappa shape index (κ3) is 3.58. The Morgan fingerprint density at radius 1 is 1.38 bits per heavy atom. The summed E-state index contributed by atoms with van der Waals surface area (Å²) in [5.74, 6) is -2.41. The van der Waals surface area contributed by atoms with Gasteiger partial charge in [0.2, 0.25) is 0 Å². The first-order chi connectivity index (χ1) is 7.65. The van der Waals surface area contributed by atoms with Crippen LogP contribution in [0.4, 0.5) is 8.78 Å². The van der Waals surface area contributed by atoms with Crippen molar-refractivity contribution in [1.82, 2.24) is 5.32 Å². The molecular formula is C11H13F2NO2. The van der Waals surface area contributed by atoms with Crippen LogP contribution in [0.25, 0.3) is 0 Å². The fraction of sp³-hybridized carbons (Fsp3) is 0.364. The molecule has 0 fully saturated rings. The Balaban J connectivity index is 2.50. The topological polar surface area (TPSA) is 38.3 Å². The third-order valence-electron chi connectivity index (χ3n) is 1.99. The molecule has 0 bridgehead atoms. The first-order valence-electron chi connectivity index (χ1n) is 4.87. The molecule has 1 rings (SSSR count). The molecule has 0 aliphatic heterocycles. The lowest BCUT2D eigenvalue weighted by Crippen LogP contribution is -2.25. The molecule has 0 saturated heterocycles. The molecule has 0 radical (unpaired) electrons. The molecule has 3 nitrogen and oxygen atoms in total. The van der Waals surface area contributed by atoms with Gasteiger partial charge in [0.15, 0.2) is 11.6 Å². The molecule has 0 aliphatic carbocycles. The number of benzene rings is 1. The van der Waals surface area contributed by atoms with Crippen LogP contribution in [-0.4, -0.2) is 26.2 Å². The molecule has 0 saturated carbocycles. The van der Waals surface area contributed by atoms with Crippen LogP contribution in [0.2, 0.25) is 0 Å². The predicted octanol–water partition coefficient (Wildman–Crippen LogP) is 1.73. The van der Waals surface area contributed by atoms with E-state index in [1.165, 1.54) is 6.07 Å². The van der Waals surface area contributed by atoms with E-state index < -0.39 is 17.5 Å². The van der Waals surface area contributed by atoms with Crippen molar-refractivity contribution < 1.29 is 18.3 Å². The summed E-state index contributed by atoms with van der Waals surface area (Å²) in [7, 11) is 1.57. The van der Waals surface area contributed by atoms with E-state index in [1.54, 1.807) is 7.11 Å². The van der Waals surface area contributed by atoms with Gasteiger partial charge in [-0.2, -0.15) is 0 Å². The standard InChI is InChI=1S/C11H13F2NO2/c1-16-6-2-5-14-11(15)8-3-4-9(12)10(13)7-8/h3-4,7H,2,5-6H2,1H3,(H,14,15). The minimum Gasteiger partial charge on any atom is -0.385 e. The van der Waals surface area contributed by atoms with Gasteiger partial charge in [0.05, 0.1) is 0 Å². The largest absolute Gasteiger partial charge is 0.385 e. The molecule has 1 aromatic rings. The van der Waals surface area contributed by atoms with Gasteiger partial charge < -0.3 is 10.1 Å². The van der Waals surface area contributed by atoms with Crippen molar-refractivity contribution >= 4 is 5.91 Å². The zero-order valence-electron chi connectivity index (χ0n) is 8.93. The highest BCUT2D eigenvalue weighted by atomic mass is 19.2. The Morgan fingerprint density at radius 3 is 2.75 bits per heavy atom. The second-order valence-electron chi connectivity index (χ2n) is 3.23. The number of rotatable bonds is 5. The summed E-state index contributed by atoms with van der Waals surface area (Å²) in [6.45, 7) is 0.976. The van der Waals surface area contributed by atoms with E-state index in [9.17, 15) is 13.6 Å². The number of methoxy groups -OCH3 is 1. The second-order valence-corrected chi connectivity index (χ2v) is 3.23. The number of halogens is 2. The highest BCUT2D eigenvalue weighted by Gasteiger charge is 2.08. The number of nitrogens with one attached hydrogen (secondary N) is 1. The maximum atomic E-state index is 12.8. The van der Waals surface area contributed by atoms with Crippen LogP contribution >= 0.6 is 0 Å². The Kier molecular flexibility index (Phi) is 4.85. The van der Waals surface area contributed by atoms with Crippen molar-refractivity contribution in [3.63, 3.8) is 0 Å². The summed E-state index contributed by atoms with van der Waals surface area (Å²) in [6.07, 6.45) is 0.673. The first-order valence-corrected chi connectivity index (χ1v) is 4.87. The van der Waals surface area contributed by atoms with Crippen molar-refractivity contribution in [3.05, 3.63) is 35.4 Å². The average Bonchev–Trinajstić information content (AvgIpc) is 2.28. The van der Waals surface area contributed by atoms with Crippen LogP contribution in [0.15, 0.2) is 18.2 Å². The fourth-order valence-electron chi connectivity index (χ4n) is 1.16. The highest BCUT2D eigenvalue weighted by molar-refractivity contribution is 5.94. The lowest BCUT2D eigenvalue weighted by atomic mass is 10.2. The Bertz CT molecular complexity index is 369. The lowest BCUT2D eigenvalue weighted by Gasteiger charge is -2.04. The molecule has 5 heteroatoms. The van der Waals surface area contributed by atoms with Crippen molar-refractivity contribution in [2.45, 2.75) is 6.42 Å². The van der Waals surface area contributed by atoms with E-state index >= 15 is 0 Å². The number of carbonyl (C=O) groups is 1. The number of carbonyl (C=O) groups excluding carboxylic acids is 1. The number of ether oxygens (including phenoxy) is 1. The first kappa shape index (κ1) is 12.6. The van der Waals surface area contributed by atoms with Gasteiger partial charge in [-0.25, -0.2) is 8.78 Å². The molecule has 1 N–H and O–H groups in total. The molecule has 0 aliphatic rings. The van der Waals surface area contributed by atoms with E-state index in [2.05, 4.69) is 5.32 Å². The summed E-state index contributed by atoms with van der Waals surface area (Å²) in [5.41, 5.74) is 0.108. The minimum atomic E-state index is -1.02. The zero-order chi connectivity index (χ0) is 12.0. The third-order valence-corrected chi connectivity index (χ3v) is 1.99. The molecule has 0 atom stereocenters. The molecule has 0 spiro atoms. The molecule has 0 unspecified atom stereocenters. The second kappa shape index (κ2) is 6.17. The average molecular weight is 229 g/mol. The number of amides is 1. The monoisotopic (exact) mass is 229 g/mol. The van der Waals surface area contributed by atoms with E-state index in [-0.39, 0.29) is 5.56 Å². The normalized spacial score (nSPS) is 10.2. The van der Waals surface area contributed by atoms with Crippen molar-refractivity contribution in [1.29, 1.82) is 0 Å². The van der Waals surface area contributed by atoms with Gasteiger partial charge in [0.25, 0.3) is 5.91 Å². The number of hydrogen-bond donors (Lipinski definition) is 1.